The molecule has 0 spiro atoms. The topological polar surface area (TPSA) is 135 Å². The highest BCUT2D eigenvalue weighted by Gasteiger charge is 2.57. The summed E-state index contributed by atoms with van der Waals surface area (Å²) in [6, 6.07) is 9.11. The van der Waals surface area contributed by atoms with Crippen molar-refractivity contribution in [3.05, 3.63) is 35.9 Å². The van der Waals surface area contributed by atoms with E-state index in [4.69, 9.17) is 22.6 Å². The number of ether oxygens (including phenoxy) is 3. The molecule has 1 saturated heterocycles. The van der Waals surface area contributed by atoms with Crippen molar-refractivity contribution in [1.82, 2.24) is 0 Å². The molecule has 2 rings (SSSR count). The van der Waals surface area contributed by atoms with Gasteiger partial charge in [0.1, 0.15) is 24.9 Å². The van der Waals surface area contributed by atoms with Crippen molar-refractivity contribution in [3.8, 4) is 0 Å². The number of aliphatic hydroxyl groups is 1. The highest BCUT2D eigenvalue weighted by Crippen LogP contribution is 2.39. The van der Waals surface area contributed by atoms with Gasteiger partial charge >= 0.3 is 0 Å². The van der Waals surface area contributed by atoms with Gasteiger partial charge < -0.3 is 19.3 Å². The predicted molar refractivity (Wildman–Crippen MR) is 102 cm³/mol. The van der Waals surface area contributed by atoms with E-state index in [-0.39, 0.29) is 6.61 Å². The quantitative estimate of drug-likeness (QED) is 0.451. The first kappa shape index (κ1) is 24.2. The number of aliphatic hydroxyl groups excluding tert-OH is 1. The normalized spacial score (nSPS) is 24.6. The number of methoxy groups -OCH3 is 1. The van der Waals surface area contributed by atoms with E-state index in [0.717, 1.165) is 18.1 Å². The van der Waals surface area contributed by atoms with Gasteiger partial charge in [-0.25, -0.2) is 0 Å². The van der Waals surface area contributed by atoms with Gasteiger partial charge in [-0.3, -0.25) is 8.37 Å². The summed E-state index contributed by atoms with van der Waals surface area (Å²) in [6.07, 6.45) is -0.276. The van der Waals surface area contributed by atoms with Gasteiger partial charge in [0.15, 0.2) is 6.29 Å². The molecule has 0 aliphatic carbocycles. The number of rotatable bonds is 11. The van der Waals surface area contributed by atoms with E-state index in [1.165, 1.54) is 7.11 Å². The van der Waals surface area contributed by atoms with Crippen molar-refractivity contribution >= 4 is 20.2 Å². The van der Waals surface area contributed by atoms with Gasteiger partial charge in [0.2, 0.25) is 0 Å². The smallest absolute Gasteiger partial charge is 0.264 e. The first-order valence-electron chi connectivity index (χ1n) is 8.65. The third-order valence-electron chi connectivity index (χ3n) is 4.36. The van der Waals surface area contributed by atoms with Gasteiger partial charge in [-0.2, -0.15) is 16.8 Å². The van der Waals surface area contributed by atoms with E-state index in [1.807, 2.05) is 30.3 Å². The molecule has 10 nitrogen and oxygen atoms in total. The molecule has 1 aromatic rings. The minimum Gasteiger partial charge on any atom is -0.396 e. The summed E-state index contributed by atoms with van der Waals surface area (Å²) in [5.74, 6) is -0.741. The summed E-state index contributed by atoms with van der Waals surface area (Å²) >= 11 is 0. The van der Waals surface area contributed by atoms with Crippen molar-refractivity contribution < 1.29 is 44.5 Å². The van der Waals surface area contributed by atoms with Crippen molar-refractivity contribution in [3.63, 3.8) is 0 Å². The summed E-state index contributed by atoms with van der Waals surface area (Å²) < 4.78 is 73.1. The number of benzene rings is 1. The summed E-state index contributed by atoms with van der Waals surface area (Å²) in [5.41, 5.74) is -0.846. The van der Waals surface area contributed by atoms with Crippen LogP contribution in [0.15, 0.2) is 30.3 Å². The van der Waals surface area contributed by atoms with Crippen LogP contribution in [0.5, 0.6) is 0 Å². The summed E-state index contributed by atoms with van der Waals surface area (Å²) in [7, 11) is -6.43. The lowest BCUT2D eigenvalue weighted by Gasteiger charge is -2.33. The number of hydrogen-bond acceptors (Lipinski definition) is 10. The lowest BCUT2D eigenvalue weighted by molar-refractivity contribution is -0.194. The SMILES string of the molecule is COC1OC(COS(C)(=O)=O)(COS(C)(=O)=O)[C@@H](OCc2ccccc2)[C@H]1CO. The Morgan fingerprint density at radius 3 is 2.03 bits per heavy atom. The van der Waals surface area contributed by atoms with E-state index in [1.54, 1.807) is 0 Å². The van der Waals surface area contributed by atoms with Crippen molar-refractivity contribution in [2.45, 2.75) is 24.6 Å². The van der Waals surface area contributed by atoms with Crippen LogP contribution in [0.3, 0.4) is 0 Å². The molecule has 1 unspecified atom stereocenters. The maximum absolute atomic E-state index is 11.6. The Bertz CT molecular complexity index is 817. The highest BCUT2D eigenvalue weighted by atomic mass is 32.2. The van der Waals surface area contributed by atoms with E-state index in [2.05, 4.69) is 0 Å². The first-order valence-corrected chi connectivity index (χ1v) is 12.3. The zero-order valence-electron chi connectivity index (χ0n) is 16.4. The fourth-order valence-corrected chi connectivity index (χ4v) is 3.87. The van der Waals surface area contributed by atoms with Crippen LogP contribution in [0.1, 0.15) is 5.56 Å². The Hall–Kier alpha value is -1.12. The molecule has 29 heavy (non-hydrogen) atoms. The molecule has 0 aromatic heterocycles. The average Bonchev–Trinajstić information content (AvgIpc) is 2.96. The molecular formula is C17H26O10S2. The molecular weight excluding hydrogens is 428 g/mol. The highest BCUT2D eigenvalue weighted by molar-refractivity contribution is 7.86. The Kier molecular flexibility index (Phi) is 8.15. The molecule has 166 valence electrons. The summed E-state index contributed by atoms with van der Waals surface area (Å²) in [4.78, 5) is 0. The van der Waals surface area contributed by atoms with Crippen LogP contribution in [0.2, 0.25) is 0 Å². The van der Waals surface area contributed by atoms with Crippen LogP contribution in [0, 0.1) is 5.92 Å². The molecule has 12 heteroatoms. The third kappa shape index (κ3) is 6.96. The van der Waals surface area contributed by atoms with Gasteiger partial charge in [0.05, 0.1) is 31.6 Å². The van der Waals surface area contributed by atoms with Crippen LogP contribution >= 0.6 is 0 Å². The molecule has 0 amide bonds. The molecule has 1 aliphatic rings. The fraction of sp³-hybridized carbons (Fsp3) is 0.647. The molecule has 3 atom stereocenters. The van der Waals surface area contributed by atoms with Crippen LogP contribution in [-0.4, -0.2) is 79.4 Å². The van der Waals surface area contributed by atoms with Crippen LogP contribution in [-0.2, 0) is 49.4 Å². The van der Waals surface area contributed by atoms with Crippen molar-refractivity contribution in [2.24, 2.45) is 5.92 Å². The second-order valence-corrected chi connectivity index (χ2v) is 10.1. The van der Waals surface area contributed by atoms with Crippen LogP contribution in [0.4, 0.5) is 0 Å². The molecule has 1 aliphatic heterocycles. The van der Waals surface area contributed by atoms with E-state index in [0.29, 0.717) is 0 Å². The van der Waals surface area contributed by atoms with Gasteiger partial charge in [0, 0.05) is 7.11 Å². The second-order valence-electron chi connectivity index (χ2n) is 6.78. The van der Waals surface area contributed by atoms with Crippen LogP contribution in [0.25, 0.3) is 0 Å². The third-order valence-corrected chi connectivity index (χ3v) is 5.45. The Labute approximate surface area is 170 Å². The minimum atomic E-state index is -3.89. The summed E-state index contributed by atoms with van der Waals surface area (Å²) in [5, 5.41) is 9.87. The molecule has 0 radical (unpaired) electrons. The zero-order valence-corrected chi connectivity index (χ0v) is 18.0. The first-order chi connectivity index (χ1) is 13.5. The maximum Gasteiger partial charge on any atom is 0.264 e. The molecule has 1 fully saturated rings. The molecule has 0 saturated carbocycles. The Balaban J connectivity index is 2.36. The van der Waals surface area contributed by atoms with Gasteiger partial charge in [-0.15, -0.1) is 0 Å². The van der Waals surface area contributed by atoms with Gasteiger partial charge in [0.25, 0.3) is 20.2 Å². The molecule has 1 aromatic carbocycles. The molecule has 0 bridgehead atoms. The second kappa shape index (κ2) is 9.79. The van der Waals surface area contributed by atoms with E-state index < -0.39 is 64.0 Å². The van der Waals surface area contributed by atoms with E-state index in [9.17, 15) is 21.9 Å². The van der Waals surface area contributed by atoms with Gasteiger partial charge in [-0.1, -0.05) is 30.3 Å². The molecule has 1 N–H and O–H groups in total. The minimum absolute atomic E-state index is 0.0985. The zero-order chi connectivity index (χ0) is 21.7. The predicted octanol–water partition coefficient (Wildman–Crippen LogP) is -0.126. The lowest BCUT2D eigenvalue weighted by Crippen LogP contribution is -2.52. The van der Waals surface area contributed by atoms with Crippen LogP contribution < -0.4 is 0 Å². The Morgan fingerprint density at radius 1 is 1.03 bits per heavy atom. The molecule has 1 heterocycles. The Morgan fingerprint density at radius 2 is 1.59 bits per heavy atom. The van der Waals surface area contributed by atoms with Crippen molar-refractivity contribution in [2.75, 3.05) is 39.4 Å². The average molecular weight is 455 g/mol. The monoisotopic (exact) mass is 454 g/mol. The van der Waals surface area contributed by atoms with Crippen molar-refractivity contribution in [1.29, 1.82) is 0 Å². The number of hydrogen-bond donors (Lipinski definition) is 1. The van der Waals surface area contributed by atoms with Gasteiger partial charge in [-0.05, 0) is 5.56 Å². The maximum atomic E-state index is 11.6. The standard InChI is InChI=1S/C17H26O10S2/c1-23-16-14(9-18)15(24-10-13-7-5-4-6-8-13)17(27-16,11-25-28(2,19)20)12-26-29(3,21)22/h4-8,14-16,18H,9-12H2,1-3H3/t14-,15+,16?/m1/s1. The largest absolute Gasteiger partial charge is 0.396 e. The fourth-order valence-electron chi connectivity index (χ4n) is 3.05. The van der Waals surface area contributed by atoms with E-state index >= 15 is 0 Å². The lowest BCUT2D eigenvalue weighted by atomic mass is 9.91. The summed E-state index contributed by atoms with van der Waals surface area (Å²) in [6.45, 7) is -1.49.